The molecule has 0 saturated carbocycles. The van der Waals surface area contributed by atoms with E-state index < -0.39 is 0 Å². The maximum atomic E-state index is 3.51. The molecule has 0 aliphatic rings. The van der Waals surface area contributed by atoms with Gasteiger partial charge in [-0.1, -0.05) is 76.6 Å². The van der Waals surface area contributed by atoms with E-state index in [0.29, 0.717) is 0 Å². The van der Waals surface area contributed by atoms with Gasteiger partial charge in [-0.2, -0.15) is 0 Å². The highest BCUT2D eigenvalue weighted by molar-refractivity contribution is 9.10. The van der Waals surface area contributed by atoms with Gasteiger partial charge in [-0.25, -0.2) is 0 Å². The first kappa shape index (κ1) is 21.5. The minimum absolute atomic E-state index is 1.09. The van der Waals surface area contributed by atoms with Crippen LogP contribution in [0.5, 0.6) is 0 Å². The first-order valence-electron chi connectivity index (χ1n) is 11.6. The van der Waals surface area contributed by atoms with Crippen LogP contribution in [0.3, 0.4) is 0 Å². The molecule has 6 aromatic rings. The highest BCUT2D eigenvalue weighted by atomic mass is 79.9. The lowest BCUT2D eigenvalue weighted by Crippen LogP contribution is -2.09. The minimum atomic E-state index is 1.09. The van der Waals surface area contributed by atoms with Gasteiger partial charge in [0.2, 0.25) is 0 Å². The summed E-state index contributed by atoms with van der Waals surface area (Å²) in [5, 5.41) is 1.20. The van der Waals surface area contributed by atoms with Crippen molar-refractivity contribution in [3.05, 3.63) is 144 Å². The SMILES string of the molecule is Brc1ccc(-c2ccc(-n3ccc4cc(N(c5ccccc5)c5ccccc5)ccc43)cc2)cc1. The summed E-state index contributed by atoms with van der Waals surface area (Å²) in [4.78, 5) is 2.30. The maximum absolute atomic E-state index is 3.51. The van der Waals surface area contributed by atoms with Gasteiger partial charge < -0.3 is 9.47 Å². The summed E-state index contributed by atoms with van der Waals surface area (Å²) in [6, 6.07) is 47.1. The summed E-state index contributed by atoms with van der Waals surface area (Å²) < 4.78 is 3.34. The van der Waals surface area contributed by atoms with Crippen molar-refractivity contribution < 1.29 is 0 Å². The van der Waals surface area contributed by atoms with E-state index in [1.54, 1.807) is 0 Å². The van der Waals surface area contributed by atoms with Crippen molar-refractivity contribution in [2.75, 3.05) is 4.90 Å². The summed E-state index contributed by atoms with van der Waals surface area (Å²) >= 11 is 3.51. The van der Waals surface area contributed by atoms with E-state index in [0.717, 1.165) is 27.2 Å². The lowest BCUT2D eigenvalue weighted by atomic mass is 10.1. The van der Waals surface area contributed by atoms with Crippen LogP contribution in [0.2, 0.25) is 0 Å². The van der Waals surface area contributed by atoms with Crippen LogP contribution in [0.1, 0.15) is 0 Å². The fraction of sp³-hybridized carbons (Fsp3) is 0. The lowest BCUT2D eigenvalue weighted by molar-refractivity contribution is 1.13. The number of nitrogens with zero attached hydrogens (tertiary/aromatic N) is 2. The second-order valence-electron chi connectivity index (χ2n) is 8.49. The molecule has 5 aromatic carbocycles. The number of hydrogen-bond acceptors (Lipinski definition) is 1. The van der Waals surface area contributed by atoms with Crippen molar-refractivity contribution in [1.82, 2.24) is 4.57 Å². The van der Waals surface area contributed by atoms with E-state index in [1.165, 1.54) is 22.0 Å². The molecule has 0 aliphatic heterocycles. The van der Waals surface area contributed by atoms with Gasteiger partial charge >= 0.3 is 0 Å². The highest BCUT2D eigenvalue weighted by Gasteiger charge is 2.13. The Morgan fingerprint density at radius 1 is 0.514 bits per heavy atom. The molecular formula is C32H23BrN2. The Morgan fingerprint density at radius 2 is 1.09 bits per heavy atom. The first-order valence-corrected chi connectivity index (χ1v) is 12.4. The van der Waals surface area contributed by atoms with Crippen LogP contribution >= 0.6 is 15.9 Å². The Kier molecular flexibility index (Phi) is 5.69. The third-order valence-corrected chi connectivity index (χ3v) is 6.81. The van der Waals surface area contributed by atoms with Crippen molar-refractivity contribution in [1.29, 1.82) is 0 Å². The third-order valence-electron chi connectivity index (χ3n) is 6.28. The number of hydrogen-bond donors (Lipinski definition) is 0. The van der Waals surface area contributed by atoms with Gasteiger partial charge in [0.15, 0.2) is 0 Å². The van der Waals surface area contributed by atoms with Crippen molar-refractivity contribution in [3.63, 3.8) is 0 Å². The van der Waals surface area contributed by atoms with Crippen LogP contribution in [0, 0.1) is 0 Å². The molecule has 0 amide bonds. The van der Waals surface area contributed by atoms with Crippen LogP contribution in [-0.2, 0) is 0 Å². The van der Waals surface area contributed by atoms with Crippen LogP contribution < -0.4 is 4.90 Å². The van der Waals surface area contributed by atoms with Crippen LogP contribution in [0.25, 0.3) is 27.7 Å². The molecule has 0 unspecified atom stereocenters. The Morgan fingerprint density at radius 3 is 1.69 bits per heavy atom. The number of anilines is 3. The molecule has 0 spiro atoms. The normalized spacial score (nSPS) is 11.0. The Hall–Kier alpha value is -4.08. The molecule has 3 heteroatoms. The van der Waals surface area contributed by atoms with Gasteiger partial charge in [-0.05, 0) is 83.9 Å². The summed E-state index contributed by atoms with van der Waals surface area (Å²) in [7, 11) is 0. The van der Waals surface area contributed by atoms with E-state index in [1.807, 2.05) is 0 Å². The molecular weight excluding hydrogens is 492 g/mol. The molecule has 1 aromatic heterocycles. The molecule has 35 heavy (non-hydrogen) atoms. The molecule has 0 N–H and O–H groups in total. The van der Waals surface area contributed by atoms with E-state index >= 15 is 0 Å². The van der Waals surface area contributed by atoms with Crippen LogP contribution in [-0.4, -0.2) is 4.57 Å². The van der Waals surface area contributed by atoms with Gasteiger partial charge in [0, 0.05) is 38.8 Å². The fourth-order valence-corrected chi connectivity index (χ4v) is 4.82. The largest absolute Gasteiger partial charge is 0.317 e. The summed E-state index contributed by atoms with van der Waals surface area (Å²) in [5.41, 5.74) is 8.17. The third kappa shape index (κ3) is 4.27. The van der Waals surface area contributed by atoms with Gasteiger partial charge in [0.1, 0.15) is 0 Å². The molecule has 0 aliphatic carbocycles. The number of fused-ring (bicyclic) bond motifs is 1. The topological polar surface area (TPSA) is 8.17 Å². The fourth-order valence-electron chi connectivity index (χ4n) is 4.55. The standard InChI is InChI=1S/C32H23BrN2/c33-27-15-11-24(12-16-27)25-13-17-28(18-14-25)34-22-21-26-23-31(19-20-32(26)34)35(29-7-3-1-4-8-29)30-9-5-2-6-10-30/h1-23H. The predicted molar refractivity (Wildman–Crippen MR) is 151 cm³/mol. The number of rotatable bonds is 5. The Bertz CT molecular complexity index is 1530. The maximum Gasteiger partial charge on any atom is 0.0529 e. The molecule has 0 atom stereocenters. The predicted octanol–water partition coefficient (Wildman–Crippen LogP) is 9.53. The monoisotopic (exact) mass is 514 g/mol. The van der Waals surface area contributed by atoms with Gasteiger partial charge in [-0.3, -0.25) is 0 Å². The van der Waals surface area contributed by atoms with Crippen LogP contribution in [0.15, 0.2) is 144 Å². The van der Waals surface area contributed by atoms with Crippen molar-refractivity contribution in [2.45, 2.75) is 0 Å². The molecule has 6 rings (SSSR count). The van der Waals surface area contributed by atoms with E-state index in [4.69, 9.17) is 0 Å². The van der Waals surface area contributed by atoms with Crippen molar-refractivity contribution in [3.8, 4) is 16.8 Å². The van der Waals surface area contributed by atoms with Crippen LogP contribution in [0.4, 0.5) is 17.1 Å². The first-order chi connectivity index (χ1) is 17.3. The van der Waals surface area contributed by atoms with E-state index in [-0.39, 0.29) is 0 Å². The smallest absolute Gasteiger partial charge is 0.0529 e. The summed E-state index contributed by atoms with van der Waals surface area (Å²) in [6.45, 7) is 0. The average molecular weight is 515 g/mol. The second-order valence-corrected chi connectivity index (χ2v) is 9.40. The van der Waals surface area contributed by atoms with Gasteiger partial charge in [0.25, 0.3) is 0 Å². The van der Waals surface area contributed by atoms with Gasteiger partial charge in [-0.15, -0.1) is 0 Å². The van der Waals surface area contributed by atoms with E-state index in [9.17, 15) is 0 Å². The van der Waals surface area contributed by atoms with Crippen molar-refractivity contribution >= 4 is 43.9 Å². The zero-order chi connectivity index (χ0) is 23.6. The zero-order valence-electron chi connectivity index (χ0n) is 19.1. The lowest BCUT2D eigenvalue weighted by Gasteiger charge is -2.25. The molecule has 0 saturated heterocycles. The quantitative estimate of drug-likeness (QED) is 0.222. The second kappa shape index (κ2) is 9.28. The number of para-hydroxylation sites is 2. The number of aromatic nitrogens is 1. The van der Waals surface area contributed by atoms with Gasteiger partial charge in [0.05, 0.1) is 5.52 Å². The van der Waals surface area contributed by atoms with E-state index in [2.05, 4.69) is 165 Å². The number of benzene rings is 5. The van der Waals surface area contributed by atoms with Crippen molar-refractivity contribution in [2.24, 2.45) is 0 Å². The molecule has 168 valence electrons. The highest BCUT2D eigenvalue weighted by Crippen LogP contribution is 2.36. The Balaban J connectivity index is 1.37. The summed E-state index contributed by atoms with van der Waals surface area (Å²) in [5.74, 6) is 0. The Labute approximate surface area is 213 Å². The zero-order valence-corrected chi connectivity index (χ0v) is 20.6. The molecule has 0 bridgehead atoms. The average Bonchev–Trinajstić information content (AvgIpc) is 3.34. The molecule has 2 nitrogen and oxygen atoms in total. The summed E-state index contributed by atoms with van der Waals surface area (Å²) in [6.07, 6.45) is 2.15. The molecule has 0 fully saturated rings. The molecule has 0 radical (unpaired) electrons. The number of halogens is 1. The molecule has 1 heterocycles. The minimum Gasteiger partial charge on any atom is -0.317 e.